The average molecular weight is 376 g/mol. The Morgan fingerprint density at radius 1 is 1.26 bits per heavy atom. The molecule has 120 valence electrons. The number of aromatic nitrogens is 1. The van der Waals surface area contributed by atoms with E-state index < -0.39 is 0 Å². The van der Waals surface area contributed by atoms with Gasteiger partial charge in [-0.05, 0) is 43.2 Å². The average Bonchev–Trinajstić information content (AvgIpc) is 3.08. The summed E-state index contributed by atoms with van der Waals surface area (Å²) < 4.78 is 6.52. The number of carbonyl (C=O) groups excluding carboxylic acids is 1. The number of nitrogens with one attached hydrogen (secondary N) is 2. The molecule has 0 radical (unpaired) electrons. The molecule has 1 saturated heterocycles. The molecular formula is C17H18BrN3O2. The first-order valence-electron chi connectivity index (χ1n) is 7.58. The van der Waals surface area contributed by atoms with Crippen molar-refractivity contribution in [1.29, 1.82) is 0 Å². The number of amides is 1. The molecule has 0 saturated carbocycles. The van der Waals surface area contributed by atoms with E-state index in [2.05, 4.69) is 31.5 Å². The molecular weight excluding hydrogens is 358 g/mol. The molecule has 1 aliphatic heterocycles. The van der Waals surface area contributed by atoms with Gasteiger partial charge < -0.3 is 15.4 Å². The van der Waals surface area contributed by atoms with Crippen molar-refractivity contribution in [2.45, 2.75) is 18.9 Å². The second-order valence-electron chi connectivity index (χ2n) is 5.44. The summed E-state index contributed by atoms with van der Waals surface area (Å²) in [5, 5.41) is 6.14. The lowest BCUT2D eigenvalue weighted by Crippen LogP contribution is -2.31. The second-order valence-corrected chi connectivity index (χ2v) is 6.35. The fourth-order valence-electron chi connectivity index (χ4n) is 2.45. The minimum atomic E-state index is -0.132. The first kappa shape index (κ1) is 16.0. The fraction of sp³-hybridized carbons (Fsp3) is 0.294. The van der Waals surface area contributed by atoms with E-state index >= 15 is 0 Å². The van der Waals surface area contributed by atoms with Gasteiger partial charge in [0.25, 0.3) is 5.91 Å². The van der Waals surface area contributed by atoms with Crippen molar-refractivity contribution in [2.75, 3.05) is 18.5 Å². The number of carbonyl (C=O) groups is 1. The van der Waals surface area contributed by atoms with Crippen LogP contribution in [0.3, 0.4) is 0 Å². The van der Waals surface area contributed by atoms with Crippen LogP contribution in [0.2, 0.25) is 0 Å². The molecule has 5 nitrogen and oxygen atoms in total. The Hall–Kier alpha value is -1.92. The molecule has 1 amide bonds. The molecule has 2 heterocycles. The van der Waals surface area contributed by atoms with Gasteiger partial charge in [-0.3, -0.25) is 9.78 Å². The Bertz CT molecular complexity index is 670. The van der Waals surface area contributed by atoms with Gasteiger partial charge in [0, 0.05) is 29.5 Å². The van der Waals surface area contributed by atoms with Crippen LogP contribution in [0.4, 0.5) is 11.4 Å². The number of anilines is 2. The first-order valence-corrected chi connectivity index (χ1v) is 8.37. The normalized spacial score (nSPS) is 17.0. The van der Waals surface area contributed by atoms with Crippen LogP contribution in [-0.2, 0) is 4.74 Å². The number of ether oxygens (including phenoxy) is 1. The van der Waals surface area contributed by atoms with E-state index in [1.54, 1.807) is 18.5 Å². The van der Waals surface area contributed by atoms with Gasteiger partial charge >= 0.3 is 0 Å². The minimum Gasteiger partial charge on any atom is -0.376 e. The van der Waals surface area contributed by atoms with Crippen LogP contribution in [0.25, 0.3) is 0 Å². The molecule has 1 fully saturated rings. The van der Waals surface area contributed by atoms with Gasteiger partial charge in [0.1, 0.15) is 0 Å². The van der Waals surface area contributed by atoms with Gasteiger partial charge in [-0.25, -0.2) is 0 Å². The molecule has 0 bridgehead atoms. The minimum absolute atomic E-state index is 0.132. The third-order valence-electron chi connectivity index (χ3n) is 3.65. The molecule has 2 aromatic rings. The lowest BCUT2D eigenvalue weighted by molar-refractivity contribution is 0.0857. The summed E-state index contributed by atoms with van der Waals surface area (Å²) in [5.74, 6) is -0.132. The van der Waals surface area contributed by atoms with E-state index in [0.29, 0.717) is 12.1 Å². The number of hydrogen-bond acceptors (Lipinski definition) is 4. The lowest BCUT2D eigenvalue weighted by Gasteiger charge is -2.11. The van der Waals surface area contributed by atoms with E-state index in [1.165, 1.54) is 0 Å². The Labute approximate surface area is 143 Å². The maximum Gasteiger partial charge on any atom is 0.253 e. The highest BCUT2D eigenvalue weighted by atomic mass is 79.9. The Morgan fingerprint density at radius 3 is 2.83 bits per heavy atom. The van der Waals surface area contributed by atoms with Crippen molar-refractivity contribution in [3.63, 3.8) is 0 Å². The smallest absolute Gasteiger partial charge is 0.253 e. The molecule has 3 rings (SSSR count). The number of nitrogens with zero attached hydrogens (tertiary/aromatic N) is 1. The zero-order valence-electron chi connectivity index (χ0n) is 12.6. The Morgan fingerprint density at radius 2 is 2.09 bits per heavy atom. The van der Waals surface area contributed by atoms with Crippen LogP contribution < -0.4 is 10.6 Å². The number of pyridine rings is 1. The van der Waals surface area contributed by atoms with Crippen molar-refractivity contribution >= 4 is 33.2 Å². The predicted molar refractivity (Wildman–Crippen MR) is 93.0 cm³/mol. The summed E-state index contributed by atoms with van der Waals surface area (Å²) in [4.78, 5) is 16.3. The monoisotopic (exact) mass is 375 g/mol. The van der Waals surface area contributed by atoms with E-state index in [4.69, 9.17) is 4.74 Å². The standard InChI is InChI=1S/C17H18BrN3O2/c18-13-3-5-14(6-4-13)21-15-8-12(9-19-10-15)17(22)20-11-16-2-1-7-23-16/h3-6,8-10,16,21H,1-2,7,11H2,(H,20,22). The van der Waals surface area contributed by atoms with Gasteiger partial charge in [0.05, 0.1) is 23.6 Å². The van der Waals surface area contributed by atoms with Crippen LogP contribution in [0, 0.1) is 0 Å². The molecule has 0 aliphatic carbocycles. The van der Waals surface area contributed by atoms with Crippen LogP contribution in [0.15, 0.2) is 47.2 Å². The number of benzene rings is 1. The zero-order chi connectivity index (χ0) is 16.1. The number of halogens is 1. The predicted octanol–water partition coefficient (Wildman–Crippen LogP) is 3.50. The highest BCUT2D eigenvalue weighted by Gasteiger charge is 2.16. The second kappa shape index (κ2) is 7.57. The van der Waals surface area contributed by atoms with E-state index in [-0.39, 0.29) is 12.0 Å². The SMILES string of the molecule is O=C(NCC1CCCO1)c1cncc(Nc2ccc(Br)cc2)c1. The summed E-state index contributed by atoms with van der Waals surface area (Å²) in [6.07, 6.45) is 5.46. The molecule has 1 aromatic heterocycles. The van der Waals surface area contributed by atoms with Crippen molar-refractivity contribution < 1.29 is 9.53 Å². The fourth-order valence-corrected chi connectivity index (χ4v) is 2.71. The molecule has 0 spiro atoms. The highest BCUT2D eigenvalue weighted by Crippen LogP contribution is 2.19. The molecule has 2 N–H and O–H groups in total. The molecule has 1 atom stereocenters. The van der Waals surface area contributed by atoms with E-state index in [9.17, 15) is 4.79 Å². The first-order chi connectivity index (χ1) is 11.2. The maximum atomic E-state index is 12.2. The topological polar surface area (TPSA) is 63.2 Å². The largest absolute Gasteiger partial charge is 0.376 e. The highest BCUT2D eigenvalue weighted by molar-refractivity contribution is 9.10. The van der Waals surface area contributed by atoms with Crippen molar-refractivity contribution in [1.82, 2.24) is 10.3 Å². The molecule has 1 unspecified atom stereocenters. The molecule has 1 aromatic carbocycles. The van der Waals surface area contributed by atoms with Crippen LogP contribution in [-0.4, -0.2) is 30.1 Å². The van der Waals surface area contributed by atoms with Crippen molar-refractivity contribution in [3.8, 4) is 0 Å². The summed E-state index contributed by atoms with van der Waals surface area (Å²) in [7, 11) is 0. The summed E-state index contributed by atoms with van der Waals surface area (Å²) in [6, 6.07) is 9.60. The maximum absolute atomic E-state index is 12.2. The van der Waals surface area contributed by atoms with Crippen LogP contribution in [0.5, 0.6) is 0 Å². The van der Waals surface area contributed by atoms with Gasteiger partial charge in [-0.2, -0.15) is 0 Å². The van der Waals surface area contributed by atoms with E-state index in [1.807, 2.05) is 24.3 Å². The lowest BCUT2D eigenvalue weighted by atomic mass is 10.2. The third-order valence-corrected chi connectivity index (χ3v) is 4.18. The Kier molecular flexibility index (Phi) is 5.25. The van der Waals surface area contributed by atoms with Crippen LogP contribution >= 0.6 is 15.9 Å². The summed E-state index contributed by atoms with van der Waals surface area (Å²) in [5.41, 5.74) is 2.24. The van der Waals surface area contributed by atoms with Gasteiger partial charge in [0.2, 0.25) is 0 Å². The Balaban J connectivity index is 1.61. The number of hydrogen-bond donors (Lipinski definition) is 2. The van der Waals surface area contributed by atoms with Crippen molar-refractivity contribution in [2.24, 2.45) is 0 Å². The molecule has 23 heavy (non-hydrogen) atoms. The molecule has 1 aliphatic rings. The number of rotatable bonds is 5. The van der Waals surface area contributed by atoms with Crippen LogP contribution in [0.1, 0.15) is 23.2 Å². The summed E-state index contributed by atoms with van der Waals surface area (Å²) in [6.45, 7) is 1.33. The molecule has 6 heteroatoms. The van der Waals surface area contributed by atoms with E-state index in [0.717, 1.165) is 35.3 Å². The zero-order valence-corrected chi connectivity index (χ0v) is 14.2. The van der Waals surface area contributed by atoms with Crippen molar-refractivity contribution in [3.05, 3.63) is 52.8 Å². The van der Waals surface area contributed by atoms with Gasteiger partial charge in [-0.15, -0.1) is 0 Å². The van der Waals surface area contributed by atoms with Gasteiger partial charge in [0.15, 0.2) is 0 Å². The third kappa shape index (κ3) is 4.53. The summed E-state index contributed by atoms with van der Waals surface area (Å²) >= 11 is 3.40. The quantitative estimate of drug-likeness (QED) is 0.839. The van der Waals surface area contributed by atoms with Gasteiger partial charge in [-0.1, -0.05) is 15.9 Å².